The molecule has 0 bridgehead atoms. The van der Waals surface area contributed by atoms with Gasteiger partial charge >= 0.3 is 0 Å². The molecule has 0 aliphatic carbocycles. The van der Waals surface area contributed by atoms with Crippen LogP contribution >= 0.6 is 0 Å². The van der Waals surface area contributed by atoms with E-state index in [1.165, 1.54) is 12.1 Å². The molecule has 2 N–H and O–H groups in total. The maximum absolute atomic E-state index is 11.1. The first kappa shape index (κ1) is 12.7. The van der Waals surface area contributed by atoms with Gasteiger partial charge in [0.05, 0.1) is 10.6 Å². The van der Waals surface area contributed by atoms with Crippen LogP contribution in [0.2, 0.25) is 0 Å². The van der Waals surface area contributed by atoms with Gasteiger partial charge < -0.3 is 4.84 Å². The van der Waals surface area contributed by atoms with E-state index in [1.807, 2.05) is 6.92 Å². The highest BCUT2D eigenvalue weighted by Gasteiger charge is 2.08. The Morgan fingerprint density at radius 2 is 2.19 bits per heavy atom. The van der Waals surface area contributed by atoms with E-state index in [9.17, 15) is 8.42 Å². The monoisotopic (exact) mass is 242 g/mol. The molecule has 0 saturated carbocycles. The largest absolute Gasteiger partial charge is 0.396 e. The van der Waals surface area contributed by atoms with Crippen molar-refractivity contribution >= 4 is 15.7 Å². The molecule has 0 aromatic heterocycles. The third kappa shape index (κ3) is 3.32. The molecule has 0 fully saturated rings. The summed E-state index contributed by atoms with van der Waals surface area (Å²) in [6.45, 7) is 4.02. The van der Waals surface area contributed by atoms with Crippen LogP contribution in [0.4, 0.5) is 0 Å². The number of rotatable bonds is 4. The van der Waals surface area contributed by atoms with Crippen molar-refractivity contribution in [1.29, 1.82) is 0 Å². The fourth-order valence-electron chi connectivity index (χ4n) is 1.11. The molecule has 16 heavy (non-hydrogen) atoms. The molecule has 0 unspecified atom stereocenters. The number of sulfonamides is 1. The minimum Gasteiger partial charge on any atom is -0.396 e. The van der Waals surface area contributed by atoms with Crippen molar-refractivity contribution in [2.45, 2.75) is 18.7 Å². The second kappa shape index (κ2) is 5.09. The van der Waals surface area contributed by atoms with Crippen molar-refractivity contribution in [3.8, 4) is 0 Å². The van der Waals surface area contributed by atoms with E-state index in [0.717, 1.165) is 0 Å². The van der Waals surface area contributed by atoms with Gasteiger partial charge in [0.15, 0.2) is 0 Å². The molecule has 6 heteroatoms. The fourth-order valence-corrected chi connectivity index (χ4v) is 1.67. The number of oxime groups is 1. The molecule has 0 aliphatic rings. The van der Waals surface area contributed by atoms with E-state index in [1.54, 1.807) is 19.1 Å². The van der Waals surface area contributed by atoms with E-state index in [2.05, 4.69) is 5.16 Å². The number of primary sulfonamides is 1. The summed E-state index contributed by atoms with van der Waals surface area (Å²) in [5.41, 5.74) is 1.27. The summed E-state index contributed by atoms with van der Waals surface area (Å²) in [4.78, 5) is 4.95. The highest BCUT2D eigenvalue weighted by molar-refractivity contribution is 7.89. The van der Waals surface area contributed by atoms with Gasteiger partial charge in [-0.25, -0.2) is 13.6 Å². The summed E-state index contributed by atoms with van der Waals surface area (Å²) in [5.74, 6) is 0. The minimum absolute atomic E-state index is 0.0658. The predicted octanol–water partition coefficient (Wildman–Crippen LogP) is 1.09. The molecule has 0 spiro atoms. The van der Waals surface area contributed by atoms with Crippen LogP contribution in [-0.4, -0.2) is 20.7 Å². The fraction of sp³-hybridized carbons (Fsp3) is 0.300. The van der Waals surface area contributed by atoms with Crippen molar-refractivity contribution in [1.82, 2.24) is 0 Å². The molecule has 0 heterocycles. The third-order valence-electron chi connectivity index (χ3n) is 1.91. The highest BCUT2D eigenvalue weighted by Crippen LogP contribution is 2.10. The van der Waals surface area contributed by atoms with Gasteiger partial charge in [0.25, 0.3) is 0 Å². The van der Waals surface area contributed by atoms with Crippen LogP contribution in [0.5, 0.6) is 0 Å². The van der Waals surface area contributed by atoms with E-state index < -0.39 is 10.0 Å². The van der Waals surface area contributed by atoms with Gasteiger partial charge in [-0.1, -0.05) is 17.3 Å². The Kier molecular flexibility index (Phi) is 4.03. The lowest BCUT2D eigenvalue weighted by molar-refractivity contribution is 0.159. The number of hydrogen-bond donors (Lipinski definition) is 1. The van der Waals surface area contributed by atoms with E-state index in [-0.39, 0.29) is 4.90 Å². The van der Waals surface area contributed by atoms with E-state index >= 15 is 0 Å². The average Bonchev–Trinajstić information content (AvgIpc) is 2.25. The second-order valence-corrected chi connectivity index (χ2v) is 4.73. The van der Waals surface area contributed by atoms with E-state index in [0.29, 0.717) is 17.9 Å². The van der Waals surface area contributed by atoms with Crippen LogP contribution in [0.25, 0.3) is 0 Å². The maximum atomic E-state index is 11.1. The molecule has 0 radical (unpaired) electrons. The first-order chi connectivity index (χ1) is 7.45. The van der Waals surface area contributed by atoms with Crippen molar-refractivity contribution in [2.75, 3.05) is 6.61 Å². The van der Waals surface area contributed by atoms with Gasteiger partial charge in [-0.05, 0) is 26.0 Å². The Hall–Kier alpha value is -1.40. The van der Waals surface area contributed by atoms with Crippen LogP contribution in [0, 0.1) is 0 Å². The summed E-state index contributed by atoms with van der Waals surface area (Å²) < 4.78 is 22.3. The number of nitrogens with two attached hydrogens (primary N) is 1. The molecular weight excluding hydrogens is 228 g/mol. The maximum Gasteiger partial charge on any atom is 0.238 e. The smallest absolute Gasteiger partial charge is 0.238 e. The SMILES string of the molecule is CCON=C(C)c1cccc(S(N)(=O)=O)c1. The summed E-state index contributed by atoms with van der Waals surface area (Å²) in [7, 11) is -3.68. The standard InChI is InChI=1S/C10H14N2O3S/c1-3-15-12-8(2)9-5-4-6-10(7-9)16(11,13)14/h4-7H,3H2,1-2H3,(H2,11,13,14). The zero-order valence-corrected chi connectivity index (χ0v) is 9.99. The molecule has 1 rings (SSSR count). The van der Waals surface area contributed by atoms with Gasteiger partial charge in [-0.15, -0.1) is 0 Å². The topological polar surface area (TPSA) is 81.8 Å². The van der Waals surface area contributed by atoms with Crippen molar-refractivity contribution in [3.05, 3.63) is 29.8 Å². The van der Waals surface area contributed by atoms with Crippen LogP contribution in [0.3, 0.4) is 0 Å². The van der Waals surface area contributed by atoms with Gasteiger partial charge in [0.1, 0.15) is 6.61 Å². The second-order valence-electron chi connectivity index (χ2n) is 3.17. The Bertz CT molecular complexity index is 495. The molecule has 88 valence electrons. The first-order valence-electron chi connectivity index (χ1n) is 4.75. The Morgan fingerprint density at radius 3 is 2.75 bits per heavy atom. The van der Waals surface area contributed by atoms with Crippen molar-refractivity contribution in [3.63, 3.8) is 0 Å². The first-order valence-corrected chi connectivity index (χ1v) is 6.29. The molecular formula is C10H14N2O3S. The zero-order valence-electron chi connectivity index (χ0n) is 9.17. The van der Waals surface area contributed by atoms with Crippen LogP contribution in [0.15, 0.2) is 34.3 Å². The molecule has 0 aliphatic heterocycles. The Balaban J connectivity index is 3.09. The highest BCUT2D eigenvalue weighted by atomic mass is 32.2. The summed E-state index contributed by atoms with van der Waals surface area (Å²) in [6.07, 6.45) is 0. The number of benzene rings is 1. The van der Waals surface area contributed by atoms with Gasteiger partial charge in [-0.3, -0.25) is 0 Å². The molecule has 5 nitrogen and oxygen atoms in total. The van der Waals surface area contributed by atoms with Crippen LogP contribution in [0.1, 0.15) is 19.4 Å². The normalized spacial score (nSPS) is 12.6. The quantitative estimate of drug-likeness (QED) is 0.634. The lowest BCUT2D eigenvalue weighted by atomic mass is 10.1. The Morgan fingerprint density at radius 1 is 1.50 bits per heavy atom. The van der Waals surface area contributed by atoms with Gasteiger partial charge in [0.2, 0.25) is 10.0 Å². The molecule has 0 saturated heterocycles. The Labute approximate surface area is 95.0 Å². The number of nitrogens with zero attached hydrogens (tertiary/aromatic N) is 1. The average molecular weight is 242 g/mol. The lowest BCUT2D eigenvalue weighted by Gasteiger charge is -2.03. The van der Waals surface area contributed by atoms with Gasteiger partial charge in [-0.2, -0.15) is 0 Å². The van der Waals surface area contributed by atoms with Crippen molar-refractivity contribution in [2.24, 2.45) is 10.3 Å². The van der Waals surface area contributed by atoms with Crippen LogP contribution < -0.4 is 5.14 Å². The van der Waals surface area contributed by atoms with Gasteiger partial charge in [0, 0.05) is 5.56 Å². The summed E-state index contributed by atoms with van der Waals surface area (Å²) in [5, 5.41) is 8.84. The molecule has 1 aromatic rings. The molecule has 0 amide bonds. The van der Waals surface area contributed by atoms with Crippen LogP contribution in [-0.2, 0) is 14.9 Å². The predicted molar refractivity (Wildman–Crippen MR) is 61.7 cm³/mol. The summed E-state index contributed by atoms with van der Waals surface area (Å²) >= 11 is 0. The number of hydrogen-bond acceptors (Lipinski definition) is 4. The third-order valence-corrected chi connectivity index (χ3v) is 2.82. The van der Waals surface area contributed by atoms with E-state index in [4.69, 9.17) is 9.98 Å². The van der Waals surface area contributed by atoms with Crippen molar-refractivity contribution < 1.29 is 13.3 Å². The lowest BCUT2D eigenvalue weighted by Crippen LogP contribution is -2.12. The molecule has 1 aromatic carbocycles. The molecule has 0 atom stereocenters. The summed E-state index contributed by atoms with van der Waals surface area (Å²) in [6, 6.07) is 6.26. The minimum atomic E-state index is -3.68. The zero-order chi connectivity index (χ0) is 12.2.